The fourth-order valence-electron chi connectivity index (χ4n) is 3.15. The van der Waals surface area contributed by atoms with Crippen LogP contribution in [0.25, 0.3) is 0 Å². The molecule has 6 nitrogen and oxygen atoms in total. The Kier molecular flexibility index (Phi) is 5.04. The maximum absolute atomic E-state index is 11.6. The van der Waals surface area contributed by atoms with Crippen molar-refractivity contribution >= 4 is 12.1 Å². The van der Waals surface area contributed by atoms with Gasteiger partial charge in [-0.1, -0.05) is 12.1 Å². The minimum atomic E-state index is -0.919. The van der Waals surface area contributed by atoms with Gasteiger partial charge in [0.25, 0.3) is 0 Å². The van der Waals surface area contributed by atoms with E-state index in [2.05, 4.69) is 0 Å². The quantitative estimate of drug-likeness (QED) is 0.838. The first-order valence-corrected chi connectivity index (χ1v) is 8.38. The summed E-state index contributed by atoms with van der Waals surface area (Å²) in [5.41, 5.74) is 1.34. The number of carboxylic acid groups (broad SMARTS) is 1. The molecule has 1 saturated heterocycles. The molecular formula is C18H23NO5. The Morgan fingerprint density at radius 3 is 2.50 bits per heavy atom. The first kappa shape index (κ1) is 16.8. The molecular weight excluding hydrogens is 310 g/mol. The van der Waals surface area contributed by atoms with Crippen molar-refractivity contribution in [2.45, 2.75) is 37.8 Å². The van der Waals surface area contributed by atoms with Crippen molar-refractivity contribution in [1.82, 2.24) is 4.90 Å². The number of piperidine rings is 1. The molecule has 3 rings (SSSR count). The molecule has 1 aliphatic heterocycles. The third kappa shape index (κ3) is 3.87. The van der Waals surface area contributed by atoms with Crippen LogP contribution in [0.3, 0.4) is 0 Å². The first-order chi connectivity index (χ1) is 11.6. The van der Waals surface area contributed by atoms with Gasteiger partial charge >= 0.3 is 12.1 Å². The number of benzene rings is 1. The van der Waals surface area contributed by atoms with Crippen molar-refractivity contribution in [1.29, 1.82) is 0 Å². The summed E-state index contributed by atoms with van der Waals surface area (Å²) < 4.78 is 10.7. The van der Waals surface area contributed by atoms with E-state index in [-0.39, 0.29) is 12.1 Å². The van der Waals surface area contributed by atoms with Crippen LogP contribution in [0, 0.1) is 5.92 Å². The smallest absolute Gasteiger partial charge is 0.407 e. The van der Waals surface area contributed by atoms with E-state index < -0.39 is 12.1 Å². The number of nitrogens with zero attached hydrogens (tertiary/aromatic N) is 1. The van der Waals surface area contributed by atoms with Crippen molar-refractivity contribution in [2.24, 2.45) is 5.92 Å². The Morgan fingerprint density at radius 2 is 1.92 bits per heavy atom. The normalized spacial score (nSPS) is 23.8. The Morgan fingerprint density at radius 1 is 1.21 bits per heavy atom. The number of amides is 1. The number of hydrogen-bond acceptors (Lipinski definition) is 4. The summed E-state index contributed by atoms with van der Waals surface area (Å²) in [5.74, 6) is 0.297. The lowest BCUT2D eigenvalue weighted by Crippen LogP contribution is -2.42. The van der Waals surface area contributed by atoms with Gasteiger partial charge in [0.15, 0.2) is 0 Å². The molecule has 1 aromatic rings. The summed E-state index contributed by atoms with van der Waals surface area (Å²) in [6.45, 7) is 1.25. The molecule has 1 amide bonds. The van der Waals surface area contributed by atoms with Crippen LogP contribution in [0.15, 0.2) is 24.3 Å². The molecule has 24 heavy (non-hydrogen) atoms. The zero-order valence-electron chi connectivity index (χ0n) is 13.8. The van der Waals surface area contributed by atoms with Crippen LogP contribution in [0.1, 0.15) is 47.6 Å². The number of esters is 1. The molecule has 1 N–H and O–H groups in total. The van der Waals surface area contributed by atoms with Crippen LogP contribution in [0.2, 0.25) is 0 Å². The number of likely N-dealkylation sites (tertiary alicyclic amines) is 1. The van der Waals surface area contributed by atoms with Crippen LogP contribution in [0.5, 0.6) is 0 Å². The zero-order chi connectivity index (χ0) is 17.1. The highest BCUT2D eigenvalue weighted by atomic mass is 16.5. The van der Waals surface area contributed by atoms with E-state index in [1.54, 1.807) is 24.3 Å². The molecule has 130 valence electrons. The molecule has 0 spiro atoms. The third-order valence-electron chi connectivity index (χ3n) is 4.78. The number of rotatable bonds is 5. The Hall–Kier alpha value is -2.08. The second-order valence-electron chi connectivity index (χ2n) is 6.53. The van der Waals surface area contributed by atoms with E-state index >= 15 is 0 Å². The lowest BCUT2D eigenvalue weighted by molar-refractivity contribution is -0.0154. The third-order valence-corrected chi connectivity index (χ3v) is 4.78. The van der Waals surface area contributed by atoms with Gasteiger partial charge in [0.2, 0.25) is 0 Å². The molecule has 0 bridgehead atoms. The van der Waals surface area contributed by atoms with E-state index in [4.69, 9.17) is 9.47 Å². The highest BCUT2D eigenvalue weighted by Crippen LogP contribution is 2.35. The molecule has 2 atom stereocenters. The lowest BCUT2D eigenvalue weighted by atomic mass is 9.93. The predicted octanol–water partition coefficient (Wildman–Crippen LogP) is 3.08. The Labute approximate surface area is 141 Å². The van der Waals surface area contributed by atoms with Crippen molar-refractivity contribution in [2.75, 3.05) is 20.3 Å². The predicted molar refractivity (Wildman–Crippen MR) is 87.0 cm³/mol. The molecule has 1 aliphatic carbocycles. The number of hydrogen-bond donors (Lipinski definition) is 1. The van der Waals surface area contributed by atoms with Gasteiger partial charge in [0, 0.05) is 13.2 Å². The fraction of sp³-hybridized carbons (Fsp3) is 0.556. The summed E-state index contributed by atoms with van der Waals surface area (Å²) >= 11 is 0. The van der Waals surface area contributed by atoms with Crippen LogP contribution in [0.4, 0.5) is 4.79 Å². The zero-order valence-corrected chi connectivity index (χ0v) is 13.8. The van der Waals surface area contributed by atoms with Crippen LogP contribution >= 0.6 is 0 Å². The molecule has 2 aliphatic rings. The van der Waals surface area contributed by atoms with Gasteiger partial charge in [0.1, 0.15) is 0 Å². The standard InChI is InChI=1S/C18H23NO5/c1-23-17(20)14-6-4-13(5-7-14)16-10-15(24-11-12-2-3-12)8-9-19(16)18(21)22/h4-7,12,15-16H,2-3,8-11H2,1H3,(H,21,22)/t15?,16-/m0/s1. The van der Waals surface area contributed by atoms with Crippen molar-refractivity contribution in [3.63, 3.8) is 0 Å². The van der Waals surface area contributed by atoms with E-state index in [1.807, 2.05) is 0 Å². The summed E-state index contributed by atoms with van der Waals surface area (Å²) in [7, 11) is 1.34. The van der Waals surface area contributed by atoms with E-state index in [1.165, 1.54) is 24.9 Å². The van der Waals surface area contributed by atoms with Crippen LogP contribution in [-0.2, 0) is 9.47 Å². The Bertz CT molecular complexity index is 596. The Balaban J connectivity index is 1.72. The highest BCUT2D eigenvalue weighted by molar-refractivity contribution is 5.89. The molecule has 1 aromatic carbocycles. The lowest BCUT2D eigenvalue weighted by Gasteiger charge is -2.38. The maximum atomic E-state index is 11.6. The van der Waals surface area contributed by atoms with E-state index in [9.17, 15) is 14.7 Å². The summed E-state index contributed by atoms with van der Waals surface area (Å²) in [5, 5.41) is 9.48. The average Bonchev–Trinajstić information content (AvgIpc) is 3.43. The summed E-state index contributed by atoms with van der Waals surface area (Å²) in [6.07, 6.45) is 3.04. The summed E-state index contributed by atoms with van der Waals surface area (Å²) in [4.78, 5) is 24.5. The molecule has 2 fully saturated rings. The van der Waals surface area contributed by atoms with Crippen molar-refractivity contribution < 1.29 is 24.2 Å². The molecule has 0 radical (unpaired) electrons. The highest BCUT2D eigenvalue weighted by Gasteiger charge is 2.34. The molecule has 1 unspecified atom stereocenters. The topological polar surface area (TPSA) is 76.1 Å². The maximum Gasteiger partial charge on any atom is 0.407 e. The number of methoxy groups -OCH3 is 1. The van der Waals surface area contributed by atoms with Crippen LogP contribution < -0.4 is 0 Å². The van der Waals surface area contributed by atoms with Gasteiger partial charge in [-0.15, -0.1) is 0 Å². The van der Waals surface area contributed by atoms with Crippen LogP contribution in [-0.4, -0.2) is 48.4 Å². The van der Waals surface area contributed by atoms with Gasteiger partial charge in [0.05, 0.1) is 24.8 Å². The number of carbonyl (C=O) groups excluding carboxylic acids is 1. The monoisotopic (exact) mass is 333 g/mol. The average molecular weight is 333 g/mol. The van der Waals surface area contributed by atoms with Gasteiger partial charge in [-0.25, -0.2) is 9.59 Å². The van der Waals surface area contributed by atoms with Gasteiger partial charge in [-0.05, 0) is 49.3 Å². The fourth-order valence-corrected chi connectivity index (χ4v) is 3.15. The van der Waals surface area contributed by atoms with E-state index in [0.29, 0.717) is 24.4 Å². The largest absolute Gasteiger partial charge is 0.465 e. The first-order valence-electron chi connectivity index (χ1n) is 8.38. The molecule has 1 heterocycles. The second-order valence-corrected chi connectivity index (χ2v) is 6.53. The van der Waals surface area contributed by atoms with Crippen molar-refractivity contribution in [3.05, 3.63) is 35.4 Å². The van der Waals surface area contributed by atoms with Gasteiger partial charge in [-0.3, -0.25) is 0 Å². The SMILES string of the molecule is COC(=O)c1ccc([C@@H]2CC(OCC3CC3)CCN2C(=O)O)cc1. The second kappa shape index (κ2) is 7.21. The minimum absolute atomic E-state index is 0.0893. The molecule has 1 saturated carbocycles. The molecule has 0 aromatic heterocycles. The minimum Gasteiger partial charge on any atom is -0.465 e. The summed E-state index contributed by atoms with van der Waals surface area (Å²) in [6, 6.07) is 6.71. The van der Waals surface area contributed by atoms with Crippen molar-refractivity contribution in [3.8, 4) is 0 Å². The number of ether oxygens (including phenoxy) is 2. The van der Waals surface area contributed by atoms with Gasteiger partial charge < -0.3 is 19.5 Å². The number of carbonyl (C=O) groups is 2. The molecule has 6 heteroatoms. The van der Waals surface area contributed by atoms with E-state index in [0.717, 1.165) is 18.6 Å². The van der Waals surface area contributed by atoms with Gasteiger partial charge in [-0.2, -0.15) is 0 Å².